The monoisotopic (exact) mass is 434 g/mol. The zero-order valence-corrected chi connectivity index (χ0v) is 17.1. The van der Waals surface area contributed by atoms with Crippen LogP contribution in [0.2, 0.25) is 0 Å². The highest BCUT2D eigenvalue weighted by molar-refractivity contribution is 7.89. The van der Waals surface area contributed by atoms with Gasteiger partial charge in [0.25, 0.3) is 0 Å². The number of carbonyl (C=O) groups excluding carboxylic acids is 2. The van der Waals surface area contributed by atoms with Crippen LogP contribution in [-0.4, -0.2) is 62.3 Å². The molecule has 8 nitrogen and oxygen atoms in total. The molecule has 1 fully saturated rings. The number of carbonyl (C=O) groups is 2. The molecule has 30 heavy (non-hydrogen) atoms. The Balaban J connectivity index is 1.44. The molecule has 2 N–H and O–H groups in total. The van der Waals surface area contributed by atoms with Crippen LogP contribution in [0.15, 0.2) is 59.5 Å². The van der Waals surface area contributed by atoms with Crippen molar-refractivity contribution in [3.05, 3.63) is 66.0 Å². The van der Waals surface area contributed by atoms with Crippen molar-refractivity contribution in [2.24, 2.45) is 0 Å². The van der Waals surface area contributed by atoms with E-state index in [1.54, 1.807) is 4.90 Å². The SMILES string of the molecule is O=C(CN1CCN(S(=O)(=O)c2cccc(F)c2)CC1)NC(=O)NCc1ccccc1. The van der Waals surface area contributed by atoms with Gasteiger partial charge < -0.3 is 5.32 Å². The molecule has 1 heterocycles. The standard InChI is InChI=1S/C20H23FN4O4S/c21-17-7-4-8-18(13-17)30(28,29)25-11-9-24(10-12-25)15-19(26)23-20(27)22-14-16-5-2-1-3-6-16/h1-8,13H,9-12,14-15H2,(H2,22,23,26,27). The lowest BCUT2D eigenvalue weighted by atomic mass is 10.2. The summed E-state index contributed by atoms with van der Waals surface area (Å²) in [5.74, 6) is -1.08. The predicted molar refractivity (Wildman–Crippen MR) is 108 cm³/mol. The Hall–Kier alpha value is -2.82. The molecule has 2 aromatic rings. The topological polar surface area (TPSA) is 98.8 Å². The number of piperazine rings is 1. The third-order valence-electron chi connectivity index (χ3n) is 4.68. The second-order valence-electron chi connectivity index (χ2n) is 6.85. The Bertz CT molecular complexity index is 993. The van der Waals surface area contributed by atoms with Crippen LogP contribution in [0, 0.1) is 5.82 Å². The zero-order valence-electron chi connectivity index (χ0n) is 16.3. The summed E-state index contributed by atoms with van der Waals surface area (Å²) < 4.78 is 39.8. The Morgan fingerprint density at radius 3 is 2.33 bits per heavy atom. The van der Waals surface area contributed by atoms with Gasteiger partial charge in [0.2, 0.25) is 15.9 Å². The van der Waals surface area contributed by atoms with Crippen LogP contribution in [0.5, 0.6) is 0 Å². The second kappa shape index (κ2) is 9.79. The Labute approximate surface area is 174 Å². The van der Waals surface area contributed by atoms with E-state index in [1.807, 2.05) is 30.3 Å². The minimum Gasteiger partial charge on any atom is -0.334 e. The summed E-state index contributed by atoms with van der Waals surface area (Å²) in [6.45, 7) is 1.28. The van der Waals surface area contributed by atoms with E-state index in [2.05, 4.69) is 10.6 Å². The molecule has 10 heteroatoms. The molecule has 0 aromatic heterocycles. The number of benzene rings is 2. The van der Waals surface area contributed by atoms with Crippen molar-refractivity contribution < 1.29 is 22.4 Å². The molecule has 3 rings (SSSR count). The van der Waals surface area contributed by atoms with Crippen molar-refractivity contribution in [2.75, 3.05) is 32.7 Å². The highest BCUT2D eigenvalue weighted by atomic mass is 32.2. The zero-order chi connectivity index (χ0) is 21.6. The van der Waals surface area contributed by atoms with E-state index in [9.17, 15) is 22.4 Å². The lowest BCUT2D eigenvalue weighted by Crippen LogP contribution is -2.52. The Kier molecular flexibility index (Phi) is 7.14. The van der Waals surface area contributed by atoms with Gasteiger partial charge in [0.15, 0.2) is 0 Å². The van der Waals surface area contributed by atoms with E-state index in [4.69, 9.17) is 0 Å². The third kappa shape index (κ3) is 5.85. The molecule has 0 aliphatic carbocycles. The molecule has 0 unspecified atom stereocenters. The summed E-state index contributed by atoms with van der Waals surface area (Å²) in [5.41, 5.74) is 0.913. The van der Waals surface area contributed by atoms with Crippen LogP contribution >= 0.6 is 0 Å². The molecular weight excluding hydrogens is 411 g/mol. The van der Waals surface area contributed by atoms with Crippen molar-refractivity contribution >= 4 is 22.0 Å². The van der Waals surface area contributed by atoms with E-state index in [0.29, 0.717) is 19.6 Å². The van der Waals surface area contributed by atoms with Gasteiger partial charge in [-0.1, -0.05) is 36.4 Å². The number of halogens is 1. The highest BCUT2D eigenvalue weighted by Gasteiger charge is 2.29. The first-order chi connectivity index (χ1) is 14.3. The van der Waals surface area contributed by atoms with Crippen LogP contribution < -0.4 is 10.6 Å². The van der Waals surface area contributed by atoms with E-state index >= 15 is 0 Å². The average Bonchev–Trinajstić information content (AvgIpc) is 2.73. The maximum Gasteiger partial charge on any atom is 0.321 e. The first-order valence-electron chi connectivity index (χ1n) is 9.44. The van der Waals surface area contributed by atoms with Crippen molar-refractivity contribution in [3.63, 3.8) is 0 Å². The number of sulfonamides is 1. The van der Waals surface area contributed by atoms with Gasteiger partial charge in [-0.3, -0.25) is 15.0 Å². The van der Waals surface area contributed by atoms with Gasteiger partial charge in [0.05, 0.1) is 11.4 Å². The van der Waals surface area contributed by atoms with E-state index in [-0.39, 0.29) is 24.5 Å². The smallest absolute Gasteiger partial charge is 0.321 e. The normalized spacial score (nSPS) is 15.5. The lowest BCUT2D eigenvalue weighted by Gasteiger charge is -2.33. The molecule has 0 bridgehead atoms. The third-order valence-corrected chi connectivity index (χ3v) is 6.58. The Morgan fingerprint density at radius 2 is 1.67 bits per heavy atom. The summed E-state index contributed by atoms with van der Waals surface area (Å²) >= 11 is 0. The molecule has 160 valence electrons. The fourth-order valence-corrected chi connectivity index (χ4v) is 4.55. The van der Waals surface area contributed by atoms with Crippen LogP contribution in [0.4, 0.5) is 9.18 Å². The van der Waals surface area contributed by atoms with Crippen molar-refractivity contribution in [1.82, 2.24) is 19.8 Å². The van der Waals surface area contributed by atoms with Gasteiger partial charge in [0.1, 0.15) is 5.82 Å². The van der Waals surface area contributed by atoms with Gasteiger partial charge >= 0.3 is 6.03 Å². The highest BCUT2D eigenvalue weighted by Crippen LogP contribution is 2.18. The van der Waals surface area contributed by atoms with Crippen molar-refractivity contribution in [3.8, 4) is 0 Å². The van der Waals surface area contributed by atoms with Gasteiger partial charge in [-0.15, -0.1) is 0 Å². The number of nitrogens with one attached hydrogen (secondary N) is 2. The van der Waals surface area contributed by atoms with Gasteiger partial charge in [-0.25, -0.2) is 17.6 Å². The molecule has 1 saturated heterocycles. The number of imide groups is 1. The summed E-state index contributed by atoms with van der Waals surface area (Å²) in [4.78, 5) is 25.6. The summed E-state index contributed by atoms with van der Waals surface area (Å²) in [5, 5.41) is 4.88. The van der Waals surface area contributed by atoms with Crippen LogP contribution in [0.3, 0.4) is 0 Å². The minimum atomic E-state index is -3.79. The molecule has 1 aliphatic rings. The van der Waals surface area contributed by atoms with Gasteiger partial charge in [0, 0.05) is 32.7 Å². The maximum absolute atomic E-state index is 13.4. The first-order valence-corrected chi connectivity index (χ1v) is 10.9. The summed E-state index contributed by atoms with van der Waals surface area (Å²) in [7, 11) is -3.79. The predicted octanol–water partition coefficient (Wildman–Crippen LogP) is 1.16. The van der Waals surface area contributed by atoms with Crippen molar-refractivity contribution in [2.45, 2.75) is 11.4 Å². The fraction of sp³-hybridized carbons (Fsp3) is 0.300. The number of amides is 3. The Morgan fingerprint density at radius 1 is 0.967 bits per heavy atom. The average molecular weight is 434 g/mol. The molecule has 2 aromatic carbocycles. The van der Waals surface area contributed by atoms with E-state index in [0.717, 1.165) is 11.6 Å². The molecule has 1 aliphatic heterocycles. The van der Waals surface area contributed by atoms with Crippen LogP contribution in [0.1, 0.15) is 5.56 Å². The lowest BCUT2D eigenvalue weighted by molar-refractivity contribution is -0.121. The van der Waals surface area contributed by atoms with Gasteiger partial charge in [-0.2, -0.15) is 4.31 Å². The number of rotatable bonds is 6. The molecule has 0 radical (unpaired) electrons. The molecule has 0 spiro atoms. The largest absolute Gasteiger partial charge is 0.334 e. The molecule has 0 atom stereocenters. The second-order valence-corrected chi connectivity index (χ2v) is 8.79. The quantitative estimate of drug-likeness (QED) is 0.711. The number of hydrogen-bond acceptors (Lipinski definition) is 5. The molecule has 0 saturated carbocycles. The van der Waals surface area contributed by atoms with E-state index in [1.165, 1.54) is 22.5 Å². The molecular formula is C20H23FN4O4S. The molecule has 3 amide bonds. The number of urea groups is 1. The van der Waals surface area contributed by atoms with Gasteiger partial charge in [-0.05, 0) is 23.8 Å². The van der Waals surface area contributed by atoms with Crippen molar-refractivity contribution in [1.29, 1.82) is 0 Å². The number of nitrogens with zero attached hydrogens (tertiary/aromatic N) is 2. The summed E-state index contributed by atoms with van der Waals surface area (Å²) in [6, 6.07) is 13.6. The first kappa shape index (κ1) is 21.9. The maximum atomic E-state index is 13.4. The van der Waals surface area contributed by atoms with Crippen LogP contribution in [0.25, 0.3) is 0 Å². The van der Waals surface area contributed by atoms with Crippen LogP contribution in [-0.2, 0) is 21.4 Å². The fourth-order valence-electron chi connectivity index (χ4n) is 3.10. The number of hydrogen-bond donors (Lipinski definition) is 2. The summed E-state index contributed by atoms with van der Waals surface area (Å²) in [6.07, 6.45) is 0. The minimum absolute atomic E-state index is 0.0212. The van der Waals surface area contributed by atoms with E-state index < -0.39 is 27.8 Å².